The molecule has 0 rings (SSSR count). The van der Waals surface area contributed by atoms with Crippen LogP contribution < -0.4 is 0 Å². The van der Waals surface area contributed by atoms with Crippen LogP contribution in [0.4, 0.5) is 0 Å². The van der Waals surface area contributed by atoms with Crippen LogP contribution in [0, 0.1) is 0 Å². The maximum absolute atomic E-state index is 0. The molecule has 0 unspecified atom stereocenters. The van der Waals surface area contributed by atoms with Gasteiger partial charge in [0.2, 0.25) is 0 Å². The molecule has 0 aromatic carbocycles. The first-order valence-electron chi connectivity index (χ1n) is 0. The molecular formula is AgBiCuPbSb. The third kappa shape index (κ3) is 18.1. The SMILES string of the molecule is [Ag].[Bi].[Cu].[Pb].[Sb]. The van der Waals surface area contributed by atoms with Crippen LogP contribution in [0.25, 0.3) is 0 Å². The zero-order valence-electron chi connectivity index (χ0n) is 2.00. The van der Waals surface area contributed by atoms with Gasteiger partial charge in [0.05, 0.1) is 0 Å². The average Bonchev–Trinajstić information content (AvgIpc) is 0. The normalized spacial score (nSPS) is 0. The Morgan fingerprint density at radius 2 is 1.00 bits per heavy atom. The molecule has 0 N–H and O–H groups in total. The van der Waals surface area contributed by atoms with Crippen LogP contribution in [0.5, 0.6) is 0 Å². The fourth-order valence-corrected chi connectivity index (χ4v) is 0. The van der Waals surface area contributed by atoms with Crippen molar-refractivity contribution in [2.45, 2.75) is 0 Å². The van der Waals surface area contributed by atoms with E-state index in [4.69, 9.17) is 0 Å². The summed E-state index contributed by atoms with van der Waals surface area (Å²) in [6, 6.07) is 0. The maximum Gasteiger partial charge on any atom is 0 e. The Hall–Kier alpha value is 3.88. The van der Waals surface area contributed by atoms with Gasteiger partial charge in [0.15, 0.2) is 0 Å². The molecule has 36 valence electrons. The van der Waals surface area contributed by atoms with Crippen molar-refractivity contribution in [2.75, 3.05) is 0 Å². The van der Waals surface area contributed by atoms with Gasteiger partial charge in [0.25, 0.3) is 0 Å². The zero-order valence-corrected chi connectivity index (χ0v) is 14.3. The van der Waals surface area contributed by atoms with Crippen molar-refractivity contribution in [1.29, 1.82) is 0 Å². The van der Waals surface area contributed by atoms with Crippen molar-refractivity contribution in [3.8, 4) is 0 Å². The minimum Gasteiger partial charge on any atom is 0 e. The summed E-state index contributed by atoms with van der Waals surface area (Å²) in [4.78, 5) is 0. The Bertz CT molecular complexity index is 11.6. The van der Waals surface area contributed by atoms with Gasteiger partial charge in [-0.25, -0.2) is 0 Å². The van der Waals surface area contributed by atoms with E-state index in [1.54, 1.807) is 0 Å². The molecular weight excluding hydrogens is 709 g/mol. The minimum atomic E-state index is 0. The van der Waals surface area contributed by atoms with E-state index in [0.29, 0.717) is 0 Å². The second kappa shape index (κ2) is 24.8. The van der Waals surface area contributed by atoms with Crippen molar-refractivity contribution >= 4 is 77.9 Å². The van der Waals surface area contributed by atoms with E-state index in [-0.39, 0.29) is 117 Å². The summed E-state index contributed by atoms with van der Waals surface area (Å²) in [6.07, 6.45) is 0. The molecule has 0 saturated carbocycles. The summed E-state index contributed by atoms with van der Waals surface area (Å²) in [6.45, 7) is 0. The predicted octanol–water partition coefficient (Wildman–Crippen LogP) is -1.15. The first-order valence-corrected chi connectivity index (χ1v) is 0. The average molecular weight is 709 g/mol. The molecule has 0 amide bonds. The third-order valence-electron chi connectivity index (χ3n) is 0. The molecule has 0 aromatic rings. The van der Waals surface area contributed by atoms with E-state index >= 15 is 0 Å². The van der Waals surface area contributed by atoms with Crippen molar-refractivity contribution in [2.24, 2.45) is 0 Å². The second-order valence-electron chi connectivity index (χ2n) is 0. The van der Waals surface area contributed by atoms with E-state index in [2.05, 4.69) is 0 Å². The molecule has 0 aliphatic rings. The molecule has 0 heterocycles. The second-order valence-corrected chi connectivity index (χ2v) is 0. The fraction of sp³-hybridized carbons (Fsp3) is 0. The fourth-order valence-electron chi connectivity index (χ4n) is 0. The van der Waals surface area contributed by atoms with Crippen LogP contribution >= 0.6 is 0 Å². The first-order chi connectivity index (χ1) is 0. The van der Waals surface area contributed by atoms with Gasteiger partial charge in [-0.3, -0.25) is 0 Å². The summed E-state index contributed by atoms with van der Waals surface area (Å²) in [5.74, 6) is 0. The smallest absolute Gasteiger partial charge is 0 e. The summed E-state index contributed by atoms with van der Waals surface area (Å²) in [5, 5.41) is 0. The summed E-state index contributed by atoms with van der Waals surface area (Å²) in [5.41, 5.74) is 0. The Morgan fingerprint density at radius 1 is 1.00 bits per heavy atom. The van der Waals surface area contributed by atoms with Crippen LogP contribution in [-0.4, -0.2) is 77.9 Å². The van der Waals surface area contributed by atoms with Gasteiger partial charge >= 0.3 is 0 Å². The molecule has 5 heavy (non-hydrogen) atoms. The molecule has 0 aromatic heterocycles. The molecule has 5 heteroatoms. The summed E-state index contributed by atoms with van der Waals surface area (Å²) >= 11 is 0. The van der Waals surface area contributed by atoms with Crippen molar-refractivity contribution in [3.63, 3.8) is 0 Å². The van der Waals surface area contributed by atoms with E-state index in [1.165, 1.54) is 0 Å². The van der Waals surface area contributed by atoms with Crippen LogP contribution in [-0.2, 0) is 39.4 Å². The van der Waals surface area contributed by atoms with Crippen molar-refractivity contribution in [3.05, 3.63) is 0 Å². The van der Waals surface area contributed by atoms with Crippen LogP contribution in [0.2, 0.25) is 0 Å². The zero-order chi connectivity index (χ0) is 0. The molecule has 0 saturated heterocycles. The van der Waals surface area contributed by atoms with E-state index in [9.17, 15) is 0 Å². The third-order valence-corrected chi connectivity index (χ3v) is 0. The molecule has 0 atom stereocenters. The van der Waals surface area contributed by atoms with Crippen molar-refractivity contribution < 1.29 is 39.4 Å². The van der Waals surface area contributed by atoms with E-state index in [1.807, 2.05) is 0 Å². The Kier molecular flexibility index (Phi) is 181. The number of hydrogen-bond donors (Lipinski definition) is 0. The topological polar surface area (TPSA) is 0 Å². The van der Waals surface area contributed by atoms with E-state index < -0.39 is 0 Å². The van der Waals surface area contributed by atoms with E-state index in [0.717, 1.165) is 0 Å². The summed E-state index contributed by atoms with van der Waals surface area (Å²) in [7, 11) is 0. The first kappa shape index (κ1) is 36.6. The number of rotatable bonds is 0. The van der Waals surface area contributed by atoms with Gasteiger partial charge in [-0.2, -0.15) is 0 Å². The van der Waals surface area contributed by atoms with Crippen molar-refractivity contribution in [1.82, 2.24) is 0 Å². The van der Waals surface area contributed by atoms with Gasteiger partial charge < -0.3 is 0 Å². The minimum absolute atomic E-state index is 0. The number of hydrogen-bond acceptors (Lipinski definition) is 0. The molecule has 0 bridgehead atoms. The van der Waals surface area contributed by atoms with Gasteiger partial charge in [-0.05, 0) is 0 Å². The quantitative estimate of drug-likeness (QED) is 0.280. The van der Waals surface area contributed by atoms with Crippen LogP contribution in [0.15, 0.2) is 0 Å². The largest absolute Gasteiger partial charge is 0 e. The molecule has 12 radical (unpaired) electrons. The Labute approximate surface area is 115 Å². The van der Waals surface area contributed by atoms with Gasteiger partial charge in [0, 0.05) is 117 Å². The van der Waals surface area contributed by atoms with Gasteiger partial charge in [-0.15, -0.1) is 0 Å². The van der Waals surface area contributed by atoms with Gasteiger partial charge in [-0.1, -0.05) is 0 Å². The Morgan fingerprint density at radius 3 is 1.00 bits per heavy atom. The standard InChI is InChI=1S/Ag.Bi.Cu.Pb.Sb. The van der Waals surface area contributed by atoms with Gasteiger partial charge in [0.1, 0.15) is 0 Å². The molecule has 0 nitrogen and oxygen atoms in total. The van der Waals surface area contributed by atoms with Crippen LogP contribution in [0.3, 0.4) is 0 Å². The maximum atomic E-state index is 0. The Balaban J connectivity index is 0. The molecule has 0 spiro atoms. The molecule has 0 aliphatic heterocycles. The molecule has 0 aliphatic carbocycles. The van der Waals surface area contributed by atoms with Crippen LogP contribution in [0.1, 0.15) is 0 Å². The monoisotopic (exact) mass is 708 g/mol. The summed E-state index contributed by atoms with van der Waals surface area (Å²) < 4.78 is 0. The predicted molar refractivity (Wildman–Crippen MR) is 17.3 cm³/mol. The molecule has 0 fully saturated rings.